The molecule has 4 rings (SSSR count). The van der Waals surface area contributed by atoms with Crippen LogP contribution in [0.1, 0.15) is 43.7 Å². The molecular weight excluding hydrogens is 316 g/mol. The van der Waals surface area contributed by atoms with E-state index in [-0.39, 0.29) is 18.1 Å². The topological polar surface area (TPSA) is 58.6 Å². The maximum Gasteiger partial charge on any atom is 0.414 e. The summed E-state index contributed by atoms with van der Waals surface area (Å²) in [7, 11) is 0. The Morgan fingerprint density at radius 2 is 2.08 bits per heavy atom. The molecule has 5 nitrogen and oxygen atoms in total. The molecule has 2 unspecified atom stereocenters. The first-order valence-electron chi connectivity index (χ1n) is 9.44. The molecule has 0 aromatic heterocycles. The van der Waals surface area contributed by atoms with Gasteiger partial charge in [0.15, 0.2) is 0 Å². The Bertz CT molecular complexity index is 688. The molecule has 2 aliphatic carbocycles. The van der Waals surface area contributed by atoms with E-state index in [2.05, 4.69) is 23.5 Å². The predicted octanol–water partition coefficient (Wildman–Crippen LogP) is 3.05. The zero-order chi connectivity index (χ0) is 17.4. The van der Waals surface area contributed by atoms with Crippen LogP contribution < -0.4 is 10.2 Å². The number of fused-ring (bicyclic) bond motifs is 2. The van der Waals surface area contributed by atoms with Gasteiger partial charge in [0.2, 0.25) is 5.91 Å². The number of hydrogen-bond donors (Lipinski definition) is 1. The largest absolute Gasteiger partial charge is 0.442 e. The van der Waals surface area contributed by atoms with Crippen LogP contribution in [-0.2, 0) is 22.4 Å². The molecule has 3 atom stereocenters. The molecule has 1 saturated carbocycles. The number of hydrogen-bond acceptors (Lipinski definition) is 3. The number of carbonyl (C=O) groups is 2. The minimum absolute atomic E-state index is 0.106. The number of nitrogens with zero attached hydrogens (tertiary/aromatic N) is 1. The van der Waals surface area contributed by atoms with E-state index >= 15 is 0 Å². The first kappa shape index (κ1) is 16.4. The number of ether oxygens (including phenoxy) is 1. The summed E-state index contributed by atoms with van der Waals surface area (Å²) in [5, 5.41) is 2.72. The fourth-order valence-corrected chi connectivity index (χ4v) is 4.69. The summed E-state index contributed by atoms with van der Waals surface area (Å²) in [5.41, 5.74) is 3.77. The van der Waals surface area contributed by atoms with Gasteiger partial charge in [-0.05, 0) is 60.8 Å². The van der Waals surface area contributed by atoms with Gasteiger partial charge >= 0.3 is 6.09 Å². The maximum absolute atomic E-state index is 12.2. The predicted molar refractivity (Wildman–Crippen MR) is 95.6 cm³/mol. The second-order valence-electron chi connectivity index (χ2n) is 7.70. The first-order chi connectivity index (χ1) is 12.1. The third-order valence-electron chi connectivity index (χ3n) is 6.04. The van der Waals surface area contributed by atoms with Crippen LogP contribution >= 0.6 is 0 Å². The standard InChI is InChI=1S/C20H26N2O3/c1-13(23)21-11-19-12-22(20(24)25-19)18-8-7-16-9-15-4-2-3-14(15)5-6-17(16)10-18/h7-8,10,14-15,19H,2-6,9,11-12H2,1H3,(H,21,23)/t14?,15?,19-/m0/s1. The van der Waals surface area contributed by atoms with Crippen molar-refractivity contribution in [2.45, 2.75) is 51.6 Å². The van der Waals surface area contributed by atoms with Gasteiger partial charge in [0.05, 0.1) is 13.1 Å². The molecule has 134 valence electrons. The van der Waals surface area contributed by atoms with Crippen molar-refractivity contribution in [3.8, 4) is 0 Å². The Kier molecular flexibility index (Phi) is 4.40. The molecule has 2 fully saturated rings. The highest BCUT2D eigenvalue weighted by Gasteiger charge is 2.34. The summed E-state index contributed by atoms with van der Waals surface area (Å²) < 4.78 is 5.38. The molecule has 1 aromatic rings. The van der Waals surface area contributed by atoms with Gasteiger partial charge in [-0.15, -0.1) is 0 Å². The number of rotatable bonds is 3. The first-order valence-corrected chi connectivity index (χ1v) is 9.44. The van der Waals surface area contributed by atoms with Gasteiger partial charge in [0.1, 0.15) is 6.10 Å². The second kappa shape index (κ2) is 6.70. The molecule has 0 bridgehead atoms. The summed E-state index contributed by atoms with van der Waals surface area (Å²) in [5.74, 6) is 1.63. The van der Waals surface area contributed by atoms with E-state index in [1.807, 2.05) is 0 Å². The van der Waals surface area contributed by atoms with Crippen LogP contribution in [0.25, 0.3) is 0 Å². The van der Waals surface area contributed by atoms with Crippen molar-refractivity contribution in [1.82, 2.24) is 5.32 Å². The van der Waals surface area contributed by atoms with Gasteiger partial charge in [-0.25, -0.2) is 4.79 Å². The van der Waals surface area contributed by atoms with Crippen LogP contribution in [0.3, 0.4) is 0 Å². The Labute approximate surface area is 148 Å². The molecule has 2 amide bonds. The fourth-order valence-electron chi connectivity index (χ4n) is 4.69. The van der Waals surface area contributed by atoms with Crippen LogP contribution in [0.15, 0.2) is 18.2 Å². The normalized spacial score (nSPS) is 28.1. The maximum atomic E-state index is 12.2. The summed E-state index contributed by atoms with van der Waals surface area (Å²) in [6.07, 6.45) is 7.12. The lowest BCUT2D eigenvalue weighted by molar-refractivity contribution is -0.119. The van der Waals surface area contributed by atoms with Crippen LogP contribution in [-0.4, -0.2) is 31.2 Å². The minimum Gasteiger partial charge on any atom is -0.442 e. The zero-order valence-electron chi connectivity index (χ0n) is 14.8. The van der Waals surface area contributed by atoms with Crippen molar-refractivity contribution in [3.05, 3.63) is 29.3 Å². The van der Waals surface area contributed by atoms with Gasteiger partial charge in [0, 0.05) is 12.6 Å². The van der Waals surface area contributed by atoms with Gasteiger partial charge in [-0.3, -0.25) is 9.69 Å². The van der Waals surface area contributed by atoms with Crippen molar-refractivity contribution < 1.29 is 14.3 Å². The Morgan fingerprint density at radius 1 is 1.24 bits per heavy atom. The summed E-state index contributed by atoms with van der Waals surface area (Å²) in [6, 6.07) is 6.44. The third kappa shape index (κ3) is 3.37. The van der Waals surface area contributed by atoms with Gasteiger partial charge in [-0.1, -0.05) is 18.9 Å². The molecular formula is C20H26N2O3. The molecule has 25 heavy (non-hydrogen) atoms. The Morgan fingerprint density at radius 3 is 2.92 bits per heavy atom. The summed E-state index contributed by atoms with van der Waals surface area (Å²) in [6.45, 7) is 2.32. The van der Waals surface area contributed by atoms with Crippen molar-refractivity contribution in [3.63, 3.8) is 0 Å². The van der Waals surface area contributed by atoms with Crippen LogP contribution in [0.4, 0.5) is 10.5 Å². The number of anilines is 1. The lowest BCUT2D eigenvalue weighted by Crippen LogP contribution is -2.33. The third-order valence-corrected chi connectivity index (χ3v) is 6.04. The van der Waals surface area contributed by atoms with Crippen molar-refractivity contribution >= 4 is 17.7 Å². The number of carbonyl (C=O) groups excluding carboxylic acids is 2. The second-order valence-corrected chi connectivity index (χ2v) is 7.70. The molecule has 0 spiro atoms. The van der Waals surface area contributed by atoms with E-state index in [1.54, 1.807) is 4.90 Å². The molecule has 1 aliphatic heterocycles. The molecule has 1 saturated heterocycles. The SMILES string of the molecule is CC(=O)NC[C@H]1CN(c2ccc3c(c2)CCC2CCCC2C3)C(=O)O1. The highest BCUT2D eigenvalue weighted by Crippen LogP contribution is 2.41. The molecule has 0 radical (unpaired) electrons. The van der Waals surface area contributed by atoms with E-state index in [9.17, 15) is 9.59 Å². The average molecular weight is 342 g/mol. The van der Waals surface area contributed by atoms with E-state index in [1.165, 1.54) is 50.2 Å². The Balaban J connectivity index is 1.48. The van der Waals surface area contributed by atoms with E-state index in [4.69, 9.17) is 4.74 Å². The lowest BCUT2D eigenvalue weighted by atomic mass is 9.90. The fraction of sp³-hybridized carbons (Fsp3) is 0.600. The van der Waals surface area contributed by atoms with Crippen molar-refractivity contribution in [2.24, 2.45) is 11.8 Å². The molecule has 1 aromatic carbocycles. The van der Waals surface area contributed by atoms with Gasteiger partial charge < -0.3 is 10.1 Å². The van der Waals surface area contributed by atoms with Gasteiger partial charge in [-0.2, -0.15) is 0 Å². The molecule has 1 N–H and O–H groups in total. The van der Waals surface area contributed by atoms with Crippen molar-refractivity contribution in [1.29, 1.82) is 0 Å². The molecule has 5 heteroatoms. The Hall–Kier alpha value is -2.04. The highest BCUT2D eigenvalue weighted by atomic mass is 16.6. The smallest absolute Gasteiger partial charge is 0.414 e. The van der Waals surface area contributed by atoms with Crippen LogP contribution in [0.2, 0.25) is 0 Å². The minimum atomic E-state index is -0.319. The van der Waals surface area contributed by atoms with Crippen LogP contribution in [0.5, 0.6) is 0 Å². The average Bonchev–Trinajstić information content (AvgIpc) is 3.14. The number of nitrogens with one attached hydrogen (secondary N) is 1. The monoisotopic (exact) mass is 342 g/mol. The van der Waals surface area contributed by atoms with E-state index in [0.717, 1.165) is 23.9 Å². The molecule has 1 heterocycles. The zero-order valence-corrected chi connectivity index (χ0v) is 14.8. The van der Waals surface area contributed by atoms with Gasteiger partial charge in [0.25, 0.3) is 0 Å². The number of cyclic esters (lactones) is 1. The quantitative estimate of drug-likeness (QED) is 0.918. The highest BCUT2D eigenvalue weighted by molar-refractivity contribution is 5.90. The van der Waals surface area contributed by atoms with Crippen molar-refractivity contribution in [2.75, 3.05) is 18.0 Å². The number of aryl methyl sites for hydroxylation is 1. The summed E-state index contributed by atoms with van der Waals surface area (Å²) in [4.78, 5) is 25.0. The summed E-state index contributed by atoms with van der Waals surface area (Å²) >= 11 is 0. The number of amides is 2. The van der Waals surface area contributed by atoms with E-state index < -0.39 is 0 Å². The van der Waals surface area contributed by atoms with Crippen LogP contribution in [0, 0.1) is 11.8 Å². The number of benzene rings is 1. The molecule has 3 aliphatic rings. The lowest BCUT2D eigenvalue weighted by Gasteiger charge is -2.17. The van der Waals surface area contributed by atoms with E-state index in [0.29, 0.717) is 13.1 Å².